The summed E-state index contributed by atoms with van der Waals surface area (Å²) in [4.78, 5) is 12.1. The van der Waals surface area contributed by atoms with E-state index in [0.717, 1.165) is 0 Å². The van der Waals surface area contributed by atoms with Gasteiger partial charge in [-0.3, -0.25) is 4.79 Å². The first-order valence-corrected chi connectivity index (χ1v) is 8.33. The lowest BCUT2D eigenvalue weighted by atomic mass is 10.1. The lowest BCUT2D eigenvalue weighted by Crippen LogP contribution is -2.45. The van der Waals surface area contributed by atoms with Gasteiger partial charge in [-0.15, -0.1) is 0 Å². The van der Waals surface area contributed by atoms with Gasteiger partial charge in [0.05, 0.1) is 4.90 Å². The molecule has 0 saturated carbocycles. The van der Waals surface area contributed by atoms with Crippen molar-refractivity contribution in [3.05, 3.63) is 23.3 Å². The van der Waals surface area contributed by atoms with E-state index in [2.05, 4.69) is 5.32 Å². The SMILES string of the molecule is CNC(=O)C1CCCN1S(=O)(=O)c1c(C)cc(N)cc1C. The van der Waals surface area contributed by atoms with Crippen LogP contribution in [0.25, 0.3) is 0 Å². The predicted molar refractivity (Wildman–Crippen MR) is 81.3 cm³/mol. The summed E-state index contributed by atoms with van der Waals surface area (Å²) in [7, 11) is -2.19. The highest BCUT2D eigenvalue weighted by atomic mass is 32.2. The Kier molecular flexibility index (Phi) is 4.25. The number of carbonyl (C=O) groups is 1. The number of hydrogen-bond donors (Lipinski definition) is 2. The second kappa shape index (κ2) is 5.65. The van der Waals surface area contributed by atoms with Crippen LogP contribution in [-0.4, -0.2) is 38.3 Å². The number of hydrogen-bond acceptors (Lipinski definition) is 4. The highest BCUT2D eigenvalue weighted by Gasteiger charge is 2.40. The summed E-state index contributed by atoms with van der Waals surface area (Å²) in [5, 5.41) is 2.53. The van der Waals surface area contributed by atoms with Gasteiger partial charge in [-0.2, -0.15) is 4.31 Å². The quantitative estimate of drug-likeness (QED) is 0.807. The number of amides is 1. The second-order valence-electron chi connectivity index (χ2n) is 5.37. The van der Waals surface area contributed by atoms with E-state index in [0.29, 0.717) is 36.2 Å². The summed E-state index contributed by atoms with van der Waals surface area (Å²) in [6.45, 7) is 3.81. The maximum absolute atomic E-state index is 12.9. The number of aryl methyl sites for hydroxylation is 2. The maximum Gasteiger partial charge on any atom is 0.244 e. The highest BCUT2D eigenvalue weighted by Crippen LogP contribution is 2.31. The third kappa shape index (κ3) is 2.75. The van der Waals surface area contributed by atoms with Gasteiger partial charge in [0.25, 0.3) is 0 Å². The third-order valence-corrected chi connectivity index (χ3v) is 6.02. The van der Waals surface area contributed by atoms with Crippen LogP contribution in [0.1, 0.15) is 24.0 Å². The van der Waals surface area contributed by atoms with E-state index in [-0.39, 0.29) is 10.8 Å². The van der Waals surface area contributed by atoms with Gasteiger partial charge < -0.3 is 11.1 Å². The van der Waals surface area contributed by atoms with E-state index in [1.54, 1.807) is 26.0 Å². The molecule has 21 heavy (non-hydrogen) atoms. The zero-order chi connectivity index (χ0) is 15.8. The summed E-state index contributed by atoms with van der Waals surface area (Å²) in [5.41, 5.74) is 7.50. The molecule has 0 aliphatic carbocycles. The Labute approximate surface area is 125 Å². The fourth-order valence-electron chi connectivity index (χ4n) is 2.96. The van der Waals surface area contributed by atoms with Gasteiger partial charge >= 0.3 is 0 Å². The normalized spacial score (nSPS) is 19.7. The van der Waals surface area contributed by atoms with Crippen LogP contribution in [0.2, 0.25) is 0 Å². The average Bonchev–Trinajstić information content (AvgIpc) is 2.86. The molecule has 0 aromatic heterocycles. The standard InChI is InChI=1S/C14H21N3O3S/c1-9-7-11(15)8-10(2)13(9)21(19,20)17-6-4-5-12(17)14(18)16-3/h7-8,12H,4-6,15H2,1-3H3,(H,16,18). The van der Waals surface area contributed by atoms with Crippen molar-refractivity contribution in [2.24, 2.45) is 0 Å². The van der Waals surface area contributed by atoms with Crippen molar-refractivity contribution in [3.8, 4) is 0 Å². The molecule has 1 unspecified atom stereocenters. The molecule has 3 N–H and O–H groups in total. The van der Waals surface area contributed by atoms with Crippen LogP contribution >= 0.6 is 0 Å². The highest BCUT2D eigenvalue weighted by molar-refractivity contribution is 7.89. The van der Waals surface area contributed by atoms with Crippen LogP contribution in [0.4, 0.5) is 5.69 Å². The summed E-state index contributed by atoms with van der Waals surface area (Å²) in [6, 6.07) is 2.66. The number of nitrogens with one attached hydrogen (secondary N) is 1. The molecule has 0 bridgehead atoms. The minimum atomic E-state index is -3.70. The van der Waals surface area contributed by atoms with E-state index < -0.39 is 16.1 Å². The molecular weight excluding hydrogens is 290 g/mol. The van der Waals surface area contributed by atoms with Crippen LogP contribution in [-0.2, 0) is 14.8 Å². The Morgan fingerprint density at radius 1 is 1.33 bits per heavy atom. The van der Waals surface area contributed by atoms with Crippen molar-refractivity contribution in [3.63, 3.8) is 0 Å². The van der Waals surface area contributed by atoms with Crippen molar-refractivity contribution >= 4 is 21.6 Å². The van der Waals surface area contributed by atoms with Crippen LogP contribution in [0, 0.1) is 13.8 Å². The van der Waals surface area contributed by atoms with E-state index in [9.17, 15) is 13.2 Å². The fourth-order valence-corrected chi connectivity index (χ4v) is 5.04. The van der Waals surface area contributed by atoms with Gasteiger partial charge in [-0.1, -0.05) is 0 Å². The smallest absolute Gasteiger partial charge is 0.244 e. The van der Waals surface area contributed by atoms with Crippen molar-refractivity contribution in [1.29, 1.82) is 0 Å². The molecule has 1 aromatic carbocycles. The number of nitrogens with zero attached hydrogens (tertiary/aromatic N) is 1. The fraction of sp³-hybridized carbons (Fsp3) is 0.500. The number of sulfonamides is 1. The van der Waals surface area contributed by atoms with Crippen molar-refractivity contribution in [2.75, 3.05) is 19.3 Å². The Morgan fingerprint density at radius 2 is 1.90 bits per heavy atom. The summed E-state index contributed by atoms with van der Waals surface area (Å²) < 4.78 is 27.1. The molecule has 116 valence electrons. The van der Waals surface area contributed by atoms with Gasteiger partial charge in [0.15, 0.2) is 0 Å². The molecule has 7 heteroatoms. The van der Waals surface area contributed by atoms with E-state index in [4.69, 9.17) is 5.73 Å². The van der Waals surface area contributed by atoms with Gasteiger partial charge in [-0.05, 0) is 49.9 Å². The minimum Gasteiger partial charge on any atom is -0.399 e. The first-order valence-electron chi connectivity index (χ1n) is 6.89. The van der Waals surface area contributed by atoms with Crippen LogP contribution in [0.15, 0.2) is 17.0 Å². The zero-order valence-corrected chi connectivity index (χ0v) is 13.3. The molecule has 6 nitrogen and oxygen atoms in total. The largest absolute Gasteiger partial charge is 0.399 e. The second-order valence-corrected chi connectivity index (χ2v) is 7.20. The molecule has 0 spiro atoms. The molecule has 1 saturated heterocycles. The molecule has 1 aliphatic rings. The zero-order valence-electron chi connectivity index (χ0n) is 12.5. The molecule has 1 amide bonds. The molecule has 2 rings (SSSR count). The number of nitrogens with two attached hydrogens (primary N) is 1. The first kappa shape index (κ1) is 15.8. The topological polar surface area (TPSA) is 92.5 Å². The summed E-state index contributed by atoms with van der Waals surface area (Å²) in [5.74, 6) is -0.262. The Morgan fingerprint density at radius 3 is 2.43 bits per heavy atom. The van der Waals surface area contributed by atoms with Crippen molar-refractivity contribution in [2.45, 2.75) is 37.6 Å². The monoisotopic (exact) mass is 311 g/mol. The van der Waals surface area contributed by atoms with Crippen LogP contribution < -0.4 is 11.1 Å². The molecular formula is C14H21N3O3S. The number of carbonyl (C=O) groups excluding carboxylic acids is 1. The van der Waals surface area contributed by atoms with Gasteiger partial charge in [0.1, 0.15) is 6.04 Å². The maximum atomic E-state index is 12.9. The molecule has 1 fully saturated rings. The van der Waals surface area contributed by atoms with Gasteiger partial charge in [0.2, 0.25) is 15.9 Å². The number of rotatable bonds is 3. The lowest BCUT2D eigenvalue weighted by Gasteiger charge is -2.24. The Hall–Kier alpha value is -1.60. The Bertz CT molecular complexity index is 647. The molecule has 1 aliphatic heterocycles. The minimum absolute atomic E-state index is 0.257. The van der Waals surface area contributed by atoms with Gasteiger partial charge in [0, 0.05) is 19.3 Å². The average molecular weight is 311 g/mol. The van der Waals surface area contributed by atoms with Crippen molar-refractivity contribution < 1.29 is 13.2 Å². The summed E-state index contributed by atoms with van der Waals surface area (Å²) in [6.07, 6.45) is 1.23. The number of anilines is 1. The van der Waals surface area contributed by atoms with E-state index >= 15 is 0 Å². The summed E-state index contributed by atoms with van der Waals surface area (Å²) >= 11 is 0. The number of likely N-dealkylation sites (N-methyl/N-ethyl adjacent to an activating group) is 1. The molecule has 1 atom stereocenters. The predicted octanol–water partition coefficient (Wildman–Crippen LogP) is 0.785. The third-order valence-electron chi connectivity index (χ3n) is 3.80. The van der Waals surface area contributed by atoms with Crippen molar-refractivity contribution in [1.82, 2.24) is 9.62 Å². The van der Waals surface area contributed by atoms with E-state index in [1.807, 2.05) is 0 Å². The van der Waals surface area contributed by atoms with Crippen LogP contribution in [0.3, 0.4) is 0 Å². The Balaban J connectivity index is 2.50. The van der Waals surface area contributed by atoms with Gasteiger partial charge in [-0.25, -0.2) is 8.42 Å². The number of benzene rings is 1. The molecule has 1 aromatic rings. The number of nitrogen functional groups attached to an aromatic ring is 1. The molecule has 0 radical (unpaired) electrons. The van der Waals surface area contributed by atoms with Crippen LogP contribution in [0.5, 0.6) is 0 Å². The van der Waals surface area contributed by atoms with E-state index in [1.165, 1.54) is 11.4 Å². The molecule has 1 heterocycles. The first-order chi connectivity index (χ1) is 9.78. The lowest BCUT2D eigenvalue weighted by molar-refractivity contribution is -0.123.